The molecule has 0 bridgehead atoms. The molecule has 7 heteroatoms. The van der Waals surface area contributed by atoms with E-state index in [0.717, 1.165) is 0 Å². The standard InChI is InChI=1S/C20H24F2N2O3/c1-13(23-10-9-15-16(21)5-4-6-17(15)22)11-20(25)24-18-12-14(26-2)7-8-19(18)27-3/h4-8,12-13,23H,9-11H2,1-3H3,(H,24,25). The summed E-state index contributed by atoms with van der Waals surface area (Å²) in [7, 11) is 3.06. The molecular formula is C20H24F2N2O3. The maximum absolute atomic E-state index is 13.6. The first kappa shape index (κ1) is 20.6. The highest BCUT2D eigenvalue weighted by atomic mass is 19.1. The molecule has 5 nitrogen and oxygen atoms in total. The normalized spacial score (nSPS) is 11.7. The second-order valence-electron chi connectivity index (χ2n) is 6.12. The molecule has 1 unspecified atom stereocenters. The number of anilines is 1. The van der Waals surface area contributed by atoms with Crippen LogP contribution in [-0.4, -0.2) is 32.7 Å². The predicted molar refractivity (Wildman–Crippen MR) is 100 cm³/mol. The Balaban J connectivity index is 1.85. The summed E-state index contributed by atoms with van der Waals surface area (Å²) in [5.74, 6) is -0.206. The highest BCUT2D eigenvalue weighted by Crippen LogP contribution is 2.29. The summed E-state index contributed by atoms with van der Waals surface area (Å²) in [5, 5.41) is 5.89. The summed E-state index contributed by atoms with van der Waals surface area (Å²) in [6.45, 7) is 2.19. The van der Waals surface area contributed by atoms with Crippen LogP contribution in [0.5, 0.6) is 11.5 Å². The minimum absolute atomic E-state index is 0.0442. The zero-order valence-corrected chi connectivity index (χ0v) is 15.6. The second-order valence-corrected chi connectivity index (χ2v) is 6.12. The van der Waals surface area contributed by atoms with Crippen LogP contribution in [0.3, 0.4) is 0 Å². The maximum Gasteiger partial charge on any atom is 0.226 e. The third-order valence-corrected chi connectivity index (χ3v) is 4.10. The quantitative estimate of drug-likeness (QED) is 0.701. The van der Waals surface area contributed by atoms with Crippen LogP contribution < -0.4 is 20.1 Å². The van der Waals surface area contributed by atoms with Crippen molar-refractivity contribution in [2.75, 3.05) is 26.1 Å². The van der Waals surface area contributed by atoms with E-state index in [2.05, 4.69) is 10.6 Å². The van der Waals surface area contributed by atoms with Crippen molar-refractivity contribution in [1.29, 1.82) is 0 Å². The van der Waals surface area contributed by atoms with Gasteiger partial charge in [-0.05, 0) is 44.2 Å². The fourth-order valence-electron chi connectivity index (χ4n) is 2.68. The van der Waals surface area contributed by atoms with Gasteiger partial charge >= 0.3 is 0 Å². The van der Waals surface area contributed by atoms with Gasteiger partial charge in [-0.25, -0.2) is 8.78 Å². The average molecular weight is 378 g/mol. The van der Waals surface area contributed by atoms with Crippen molar-refractivity contribution in [3.63, 3.8) is 0 Å². The Morgan fingerprint density at radius 2 is 1.81 bits per heavy atom. The lowest BCUT2D eigenvalue weighted by Crippen LogP contribution is -2.32. The monoisotopic (exact) mass is 378 g/mol. The average Bonchev–Trinajstić information content (AvgIpc) is 2.64. The van der Waals surface area contributed by atoms with Gasteiger partial charge in [0.25, 0.3) is 0 Å². The lowest BCUT2D eigenvalue weighted by Gasteiger charge is -2.16. The van der Waals surface area contributed by atoms with Crippen LogP contribution in [0.1, 0.15) is 18.9 Å². The van der Waals surface area contributed by atoms with Crippen molar-refractivity contribution in [3.8, 4) is 11.5 Å². The van der Waals surface area contributed by atoms with E-state index in [4.69, 9.17) is 9.47 Å². The number of hydrogen-bond donors (Lipinski definition) is 2. The van der Waals surface area contributed by atoms with Gasteiger partial charge in [0.05, 0.1) is 19.9 Å². The molecule has 1 atom stereocenters. The number of carbonyl (C=O) groups excluding carboxylic acids is 1. The molecule has 0 radical (unpaired) electrons. The van der Waals surface area contributed by atoms with Gasteiger partial charge < -0.3 is 20.1 Å². The lowest BCUT2D eigenvalue weighted by atomic mass is 10.1. The first-order chi connectivity index (χ1) is 12.9. The molecule has 0 saturated carbocycles. The summed E-state index contributed by atoms with van der Waals surface area (Å²) in [4.78, 5) is 12.3. The van der Waals surface area contributed by atoms with E-state index in [1.165, 1.54) is 32.4 Å². The molecule has 0 fully saturated rings. The Morgan fingerprint density at radius 3 is 2.44 bits per heavy atom. The zero-order valence-electron chi connectivity index (χ0n) is 15.6. The van der Waals surface area contributed by atoms with Crippen LogP contribution in [0.4, 0.5) is 14.5 Å². The molecule has 2 aromatic carbocycles. The number of rotatable bonds is 9. The van der Waals surface area contributed by atoms with Gasteiger partial charge in [0.1, 0.15) is 23.1 Å². The molecule has 0 aromatic heterocycles. The SMILES string of the molecule is COc1ccc(OC)c(NC(=O)CC(C)NCCc2c(F)cccc2F)c1. The van der Waals surface area contributed by atoms with Crippen LogP contribution in [0, 0.1) is 11.6 Å². The van der Waals surface area contributed by atoms with E-state index in [0.29, 0.717) is 23.7 Å². The molecule has 27 heavy (non-hydrogen) atoms. The molecule has 146 valence electrons. The van der Waals surface area contributed by atoms with E-state index in [1.54, 1.807) is 18.2 Å². The van der Waals surface area contributed by atoms with E-state index < -0.39 is 11.6 Å². The van der Waals surface area contributed by atoms with Crippen molar-refractivity contribution in [2.24, 2.45) is 0 Å². The number of carbonyl (C=O) groups is 1. The molecule has 2 N–H and O–H groups in total. The first-order valence-corrected chi connectivity index (χ1v) is 8.62. The predicted octanol–water partition coefficient (Wildman–Crippen LogP) is 3.53. The number of amides is 1. The summed E-state index contributed by atoms with van der Waals surface area (Å²) < 4.78 is 37.6. The van der Waals surface area contributed by atoms with Crippen LogP contribution in [0.2, 0.25) is 0 Å². The molecule has 0 aliphatic carbocycles. The Morgan fingerprint density at radius 1 is 1.11 bits per heavy atom. The summed E-state index contributed by atoms with van der Waals surface area (Å²) in [6, 6.07) is 8.75. The van der Waals surface area contributed by atoms with Crippen molar-refractivity contribution < 1.29 is 23.0 Å². The van der Waals surface area contributed by atoms with Crippen molar-refractivity contribution in [2.45, 2.75) is 25.8 Å². The molecule has 2 rings (SSSR count). The van der Waals surface area contributed by atoms with Crippen LogP contribution in [0.25, 0.3) is 0 Å². The summed E-state index contributed by atoms with van der Waals surface area (Å²) in [6.07, 6.45) is 0.397. The van der Waals surface area contributed by atoms with Gasteiger partial charge in [-0.1, -0.05) is 6.07 Å². The zero-order chi connectivity index (χ0) is 19.8. The van der Waals surface area contributed by atoms with Gasteiger partial charge in [0, 0.05) is 24.1 Å². The maximum atomic E-state index is 13.6. The van der Waals surface area contributed by atoms with Gasteiger partial charge in [-0.15, -0.1) is 0 Å². The number of benzene rings is 2. The van der Waals surface area contributed by atoms with Gasteiger partial charge in [0.15, 0.2) is 0 Å². The molecule has 0 heterocycles. The fraction of sp³-hybridized carbons (Fsp3) is 0.350. The summed E-state index contributed by atoms with van der Waals surface area (Å²) in [5.41, 5.74) is 0.560. The van der Waals surface area contributed by atoms with Gasteiger partial charge in [-0.2, -0.15) is 0 Å². The number of methoxy groups -OCH3 is 2. The fourth-order valence-corrected chi connectivity index (χ4v) is 2.68. The van der Waals surface area contributed by atoms with E-state index in [-0.39, 0.29) is 30.4 Å². The molecule has 0 spiro atoms. The molecule has 2 aromatic rings. The number of nitrogens with one attached hydrogen (secondary N) is 2. The lowest BCUT2D eigenvalue weighted by molar-refractivity contribution is -0.116. The Kier molecular flexibility index (Phi) is 7.55. The van der Waals surface area contributed by atoms with Crippen LogP contribution >= 0.6 is 0 Å². The Labute approximate surface area is 157 Å². The van der Waals surface area contributed by atoms with Gasteiger partial charge in [-0.3, -0.25) is 4.79 Å². The largest absolute Gasteiger partial charge is 0.497 e. The minimum Gasteiger partial charge on any atom is -0.497 e. The minimum atomic E-state index is -0.563. The third-order valence-electron chi connectivity index (χ3n) is 4.10. The molecule has 0 saturated heterocycles. The third kappa shape index (κ3) is 5.92. The van der Waals surface area contributed by atoms with Crippen LogP contribution in [0.15, 0.2) is 36.4 Å². The van der Waals surface area contributed by atoms with Crippen molar-refractivity contribution in [1.82, 2.24) is 5.32 Å². The molecule has 0 aliphatic rings. The highest BCUT2D eigenvalue weighted by Gasteiger charge is 2.13. The van der Waals surface area contributed by atoms with Crippen molar-refractivity contribution in [3.05, 3.63) is 53.6 Å². The molecule has 0 aliphatic heterocycles. The van der Waals surface area contributed by atoms with Gasteiger partial charge in [0.2, 0.25) is 5.91 Å². The number of ether oxygens (including phenoxy) is 2. The first-order valence-electron chi connectivity index (χ1n) is 8.62. The Hall–Kier alpha value is -2.67. The van der Waals surface area contributed by atoms with E-state index >= 15 is 0 Å². The smallest absolute Gasteiger partial charge is 0.226 e. The Bertz CT molecular complexity index is 764. The number of hydrogen-bond acceptors (Lipinski definition) is 4. The molecular weight excluding hydrogens is 354 g/mol. The molecule has 1 amide bonds. The van der Waals surface area contributed by atoms with Crippen molar-refractivity contribution >= 4 is 11.6 Å². The number of halogens is 2. The topological polar surface area (TPSA) is 59.6 Å². The second kappa shape index (κ2) is 9.87. The summed E-state index contributed by atoms with van der Waals surface area (Å²) >= 11 is 0. The van der Waals surface area contributed by atoms with E-state index in [1.807, 2.05) is 6.92 Å². The highest BCUT2D eigenvalue weighted by molar-refractivity contribution is 5.92. The van der Waals surface area contributed by atoms with Crippen LogP contribution in [-0.2, 0) is 11.2 Å². The van der Waals surface area contributed by atoms with E-state index in [9.17, 15) is 13.6 Å².